The van der Waals surface area contributed by atoms with E-state index in [0.29, 0.717) is 11.3 Å². The summed E-state index contributed by atoms with van der Waals surface area (Å²) in [5.74, 6) is -2.36. The van der Waals surface area contributed by atoms with Crippen LogP contribution in [-0.4, -0.2) is 33.5 Å². The van der Waals surface area contributed by atoms with Crippen molar-refractivity contribution in [2.75, 3.05) is 5.01 Å². The van der Waals surface area contributed by atoms with Crippen molar-refractivity contribution in [1.82, 2.24) is 0 Å². The van der Waals surface area contributed by atoms with Gasteiger partial charge >= 0.3 is 0 Å². The van der Waals surface area contributed by atoms with E-state index in [2.05, 4.69) is 5.10 Å². The smallest absolute Gasteiger partial charge is 0.269 e. The minimum Gasteiger partial charge on any atom is -0.293 e. The Labute approximate surface area is 188 Å². The number of carbonyl (C=O) groups is 3. The van der Waals surface area contributed by atoms with Gasteiger partial charge in [0.25, 0.3) is 5.69 Å². The summed E-state index contributed by atoms with van der Waals surface area (Å²) in [4.78, 5) is 51.3. The Bertz CT molecular complexity index is 1330. The van der Waals surface area contributed by atoms with Gasteiger partial charge in [-0.05, 0) is 17.7 Å². The number of nitro groups is 1. The zero-order valence-corrected chi connectivity index (χ0v) is 17.5. The van der Waals surface area contributed by atoms with Crippen molar-refractivity contribution in [3.8, 4) is 0 Å². The van der Waals surface area contributed by atoms with Crippen LogP contribution in [0.4, 0.5) is 11.4 Å². The maximum absolute atomic E-state index is 14.0. The molecule has 5 rings (SSSR count). The van der Waals surface area contributed by atoms with E-state index in [1.54, 1.807) is 54.6 Å². The van der Waals surface area contributed by atoms with Crippen LogP contribution in [0.2, 0.25) is 0 Å². The predicted octanol–water partition coefficient (Wildman–Crippen LogP) is 3.96. The second-order valence-electron chi connectivity index (χ2n) is 7.94. The minimum atomic E-state index is -1.85. The van der Waals surface area contributed by atoms with E-state index in [1.165, 1.54) is 36.2 Å². The lowest BCUT2D eigenvalue weighted by Gasteiger charge is -2.35. The summed E-state index contributed by atoms with van der Waals surface area (Å²) in [6.45, 7) is 1.33. The third-order valence-corrected chi connectivity index (χ3v) is 6.14. The Morgan fingerprint density at radius 1 is 0.909 bits per heavy atom. The van der Waals surface area contributed by atoms with E-state index in [0.717, 1.165) is 0 Å². The summed E-state index contributed by atoms with van der Waals surface area (Å²) in [6, 6.07) is 20.8. The van der Waals surface area contributed by atoms with Crippen molar-refractivity contribution in [3.63, 3.8) is 0 Å². The fourth-order valence-electron chi connectivity index (χ4n) is 4.70. The van der Waals surface area contributed by atoms with Crippen LogP contribution in [0.5, 0.6) is 0 Å². The molecule has 1 aliphatic carbocycles. The molecule has 33 heavy (non-hydrogen) atoms. The molecular formula is C25H17N3O5. The molecule has 1 heterocycles. The zero-order valence-electron chi connectivity index (χ0n) is 17.5. The summed E-state index contributed by atoms with van der Waals surface area (Å²) >= 11 is 0. The SMILES string of the molecule is CC(=O)C1=NN(c2ccccc2)C2(C(=O)c3ccccc3C2=O)C1c1ccc([N+](=O)[O-])cc1. The van der Waals surface area contributed by atoms with E-state index in [4.69, 9.17) is 0 Å². The van der Waals surface area contributed by atoms with Gasteiger partial charge in [0.1, 0.15) is 5.71 Å². The lowest BCUT2D eigenvalue weighted by Crippen LogP contribution is -2.57. The third-order valence-electron chi connectivity index (χ3n) is 6.14. The fraction of sp³-hybridized carbons (Fsp3) is 0.120. The van der Waals surface area contributed by atoms with Gasteiger partial charge in [0.2, 0.25) is 5.54 Å². The monoisotopic (exact) mass is 439 g/mol. The number of para-hydroxylation sites is 1. The molecular weight excluding hydrogens is 422 g/mol. The lowest BCUT2D eigenvalue weighted by atomic mass is 9.72. The van der Waals surface area contributed by atoms with Crippen LogP contribution >= 0.6 is 0 Å². The molecule has 8 heteroatoms. The van der Waals surface area contributed by atoms with Gasteiger partial charge in [-0.15, -0.1) is 0 Å². The number of non-ortho nitro benzene ring substituents is 1. The number of nitro benzene ring substituents is 1. The number of Topliss-reactive ketones (excluding diaryl/α,β-unsaturated/α-hetero) is 3. The standard InChI is InChI=1S/C25H17N3O5/c1-15(29)22-21(16-11-13-18(14-12-16)28(32)33)25(27(26-22)17-7-3-2-4-8-17)23(30)19-9-5-6-10-20(19)24(25)31/h2-14,21H,1H3. The summed E-state index contributed by atoms with van der Waals surface area (Å²) in [6.07, 6.45) is 0. The van der Waals surface area contributed by atoms with Gasteiger partial charge in [-0.1, -0.05) is 54.6 Å². The summed E-state index contributed by atoms with van der Waals surface area (Å²) in [7, 11) is 0. The largest absolute Gasteiger partial charge is 0.293 e. The molecule has 0 amide bonds. The minimum absolute atomic E-state index is 0.0437. The highest BCUT2D eigenvalue weighted by Crippen LogP contribution is 2.50. The average Bonchev–Trinajstić information content (AvgIpc) is 3.30. The van der Waals surface area contributed by atoms with Crippen molar-refractivity contribution >= 4 is 34.4 Å². The number of hydrogen-bond acceptors (Lipinski definition) is 7. The van der Waals surface area contributed by atoms with Gasteiger partial charge in [-0.2, -0.15) is 5.10 Å². The highest BCUT2D eigenvalue weighted by Gasteiger charge is 2.67. The summed E-state index contributed by atoms with van der Waals surface area (Å²) in [5, 5.41) is 17.0. The van der Waals surface area contributed by atoms with Gasteiger partial charge < -0.3 is 0 Å². The number of ketones is 3. The molecule has 0 fully saturated rings. The molecule has 0 bridgehead atoms. The Kier molecular flexibility index (Phi) is 4.52. The summed E-state index contributed by atoms with van der Waals surface area (Å²) in [5.41, 5.74) is -0.521. The Balaban J connectivity index is 1.80. The molecule has 1 spiro atoms. The van der Waals surface area contributed by atoms with Crippen LogP contribution in [-0.2, 0) is 4.79 Å². The number of benzene rings is 3. The topological polar surface area (TPSA) is 110 Å². The van der Waals surface area contributed by atoms with E-state index >= 15 is 0 Å². The summed E-state index contributed by atoms with van der Waals surface area (Å²) < 4.78 is 0. The van der Waals surface area contributed by atoms with Crippen molar-refractivity contribution in [2.45, 2.75) is 18.4 Å². The van der Waals surface area contributed by atoms with Crippen molar-refractivity contribution in [2.24, 2.45) is 5.10 Å². The van der Waals surface area contributed by atoms with Crippen LogP contribution in [0.3, 0.4) is 0 Å². The molecule has 0 saturated heterocycles. The lowest BCUT2D eigenvalue weighted by molar-refractivity contribution is -0.384. The molecule has 0 saturated carbocycles. The first-order valence-corrected chi connectivity index (χ1v) is 10.2. The third kappa shape index (κ3) is 2.77. The Morgan fingerprint density at radius 2 is 1.45 bits per heavy atom. The quantitative estimate of drug-likeness (QED) is 0.346. The van der Waals surface area contributed by atoms with Gasteiger partial charge in [0.15, 0.2) is 17.3 Å². The molecule has 3 aromatic carbocycles. The van der Waals surface area contributed by atoms with Crippen molar-refractivity contribution in [1.29, 1.82) is 0 Å². The van der Waals surface area contributed by atoms with Crippen LogP contribution in [0.25, 0.3) is 0 Å². The van der Waals surface area contributed by atoms with Crippen LogP contribution in [0, 0.1) is 10.1 Å². The second kappa shape index (κ2) is 7.30. The van der Waals surface area contributed by atoms with Gasteiger partial charge in [-0.25, -0.2) is 5.01 Å². The van der Waals surface area contributed by atoms with Crippen molar-refractivity contribution < 1.29 is 19.3 Å². The maximum Gasteiger partial charge on any atom is 0.269 e. The number of rotatable bonds is 4. The Hall–Kier alpha value is -4.46. The van der Waals surface area contributed by atoms with Crippen LogP contribution < -0.4 is 5.01 Å². The molecule has 0 aromatic heterocycles. The molecule has 1 atom stereocenters. The number of fused-ring (bicyclic) bond motifs is 1. The maximum atomic E-state index is 14.0. The van der Waals surface area contributed by atoms with E-state index in [-0.39, 0.29) is 22.5 Å². The number of nitrogens with zero attached hydrogens (tertiary/aromatic N) is 3. The average molecular weight is 439 g/mol. The fourth-order valence-corrected chi connectivity index (χ4v) is 4.70. The van der Waals surface area contributed by atoms with Gasteiger partial charge in [0.05, 0.1) is 16.5 Å². The Morgan fingerprint density at radius 3 is 1.97 bits per heavy atom. The molecule has 0 radical (unpaired) electrons. The first-order chi connectivity index (χ1) is 15.9. The molecule has 8 nitrogen and oxygen atoms in total. The van der Waals surface area contributed by atoms with Crippen LogP contribution in [0.15, 0.2) is 84.0 Å². The first kappa shape index (κ1) is 20.4. The van der Waals surface area contributed by atoms with E-state index < -0.39 is 33.7 Å². The zero-order chi connectivity index (χ0) is 23.3. The van der Waals surface area contributed by atoms with Crippen LogP contribution in [0.1, 0.15) is 39.1 Å². The van der Waals surface area contributed by atoms with Gasteiger partial charge in [-0.3, -0.25) is 24.5 Å². The molecule has 3 aromatic rings. The first-order valence-electron chi connectivity index (χ1n) is 10.2. The highest BCUT2D eigenvalue weighted by molar-refractivity contribution is 6.48. The number of hydrogen-bond donors (Lipinski definition) is 0. The van der Waals surface area contributed by atoms with Gasteiger partial charge in [0, 0.05) is 30.2 Å². The second-order valence-corrected chi connectivity index (χ2v) is 7.94. The van der Waals surface area contributed by atoms with E-state index in [9.17, 15) is 24.5 Å². The normalized spacial score (nSPS) is 18.4. The molecule has 162 valence electrons. The molecule has 1 unspecified atom stereocenters. The highest BCUT2D eigenvalue weighted by atomic mass is 16.6. The molecule has 0 N–H and O–H groups in total. The number of anilines is 1. The van der Waals surface area contributed by atoms with Crippen molar-refractivity contribution in [3.05, 3.63) is 106 Å². The predicted molar refractivity (Wildman–Crippen MR) is 121 cm³/mol. The molecule has 2 aliphatic rings. The number of hydrazone groups is 1. The number of carbonyl (C=O) groups excluding carboxylic acids is 3. The molecule has 1 aliphatic heterocycles. The van der Waals surface area contributed by atoms with E-state index in [1.807, 2.05) is 0 Å².